The average molecular weight is 243 g/mol. The van der Waals surface area contributed by atoms with Gasteiger partial charge < -0.3 is 15.2 Å². The summed E-state index contributed by atoms with van der Waals surface area (Å²) in [6.07, 6.45) is 3.00. The lowest BCUT2D eigenvalue weighted by Crippen LogP contribution is -2.51. The van der Waals surface area contributed by atoms with Crippen molar-refractivity contribution in [2.24, 2.45) is 5.73 Å². The summed E-state index contributed by atoms with van der Waals surface area (Å²) in [6, 6.07) is 0. The van der Waals surface area contributed by atoms with E-state index in [9.17, 15) is 9.59 Å². The van der Waals surface area contributed by atoms with Crippen molar-refractivity contribution in [1.29, 1.82) is 0 Å². The number of hydrogen-bond acceptors (Lipinski definition) is 5. The molecule has 1 rings (SSSR count). The van der Waals surface area contributed by atoms with Gasteiger partial charge in [0.25, 0.3) is 0 Å². The molecule has 0 aromatic rings. The molecular weight excluding hydrogens is 222 g/mol. The highest BCUT2D eigenvalue weighted by atomic mass is 16.7. The van der Waals surface area contributed by atoms with Crippen molar-refractivity contribution < 1.29 is 19.1 Å². The third kappa shape index (κ3) is 4.34. The van der Waals surface area contributed by atoms with Crippen molar-refractivity contribution in [1.82, 2.24) is 0 Å². The van der Waals surface area contributed by atoms with Crippen LogP contribution in [0.3, 0.4) is 0 Å². The second-order valence-corrected chi connectivity index (χ2v) is 5.57. The van der Waals surface area contributed by atoms with Crippen LogP contribution in [0, 0.1) is 0 Å². The SMILES string of the molecule is CC(C)(C)OC(=O)OC(=O)C1(N)CCCCC1. The van der Waals surface area contributed by atoms with Crippen LogP contribution in [0.15, 0.2) is 0 Å². The van der Waals surface area contributed by atoms with Gasteiger partial charge in [-0.15, -0.1) is 0 Å². The molecule has 0 aromatic carbocycles. The normalized spacial score (nSPS) is 19.5. The minimum Gasteiger partial charge on any atom is -0.428 e. The van der Waals surface area contributed by atoms with E-state index in [1.54, 1.807) is 20.8 Å². The van der Waals surface area contributed by atoms with Crippen molar-refractivity contribution in [2.45, 2.75) is 64.0 Å². The molecule has 0 bridgehead atoms. The Hall–Kier alpha value is -1.10. The lowest BCUT2D eigenvalue weighted by molar-refractivity contribution is -0.149. The van der Waals surface area contributed by atoms with Gasteiger partial charge in [0.15, 0.2) is 0 Å². The zero-order chi connectivity index (χ0) is 13.1. The molecular formula is C12H21NO4. The maximum absolute atomic E-state index is 11.8. The fourth-order valence-electron chi connectivity index (χ4n) is 1.83. The third-order valence-electron chi connectivity index (χ3n) is 2.72. The molecule has 5 nitrogen and oxygen atoms in total. The molecule has 1 fully saturated rings. The molecule has 0 unspecified atom stereocenters. The Morgan fingerprint density at radius 2 is 1.65 bits per heavy atom. The van der Waals surface area contributed by atoms with E-state index in [0.717, 1.165) is 19.3 Å². The number of nitrogens with two attached hydrogens (primary N) is 1. The molecule has 0 atom stereocenters. The molecule has 0 spiro atoms. The minimum absolute atomic E-state index is 0.564. The van der Waals surface area contributed by atoms with Crippen LogP contribution in [0.4, 0.5) is 4.79 Å². The van der Waals surface area contributed by atoms with Gasteiger partial charge in [-0.3, -0.25) is 0 Å². The number of hydrogen-bond donors (Lipinski definition) is 1. The van der Waals surface area contributed by atoms with E-state index in [1.807, 2.05) is 0 Å². The number of esters is 1. The molecule has 2 N–H and O–H groups in total. The zero-order valence-electron chi connectivity index (χ0n) is 10.7. The summed E-state index contributed by atoms with van der Waals surface area (Å²) in [5.41, 5.74) is 4.24. The van der Waals surface area contributed by atoms with Crippen molar-refractivity contribution >= 4 is 12.1 Å². The van der Waals surface area contributed by atoms with E-state index in [-0.39, 0.29) is 0 Å². The van der Waals surface area contributed by atoms with E-state index in [1.165, 1.54) is 0 Å². The first-order valence-corrected chi connectivity index (χ1v) is 5.97. The first-order chi connectivity index (χ1) is 7.73. The summed E-state index contributed by atoms with van der Waals surface area (Å²) in [6.45, 7) is 5.12. The number of rotatable bonds is 1. The highest BCUT2D eigenvalue weighted by Gasteiger charge is 2.38. The predicted molar refractivity (Wildman–Crippen MR) is 62.3 cm³/mol. The molecule has 1 aliphatic carbocycles. The van der Waals surface area contributed by atoms with E-state index < -0.39 is 23.3 Å². The van der Waals surface area contributed by atoms with Gasteiger partial charge in [0, 0.05) is 0 Å². The topological polar surface area (TPSA) is 78.6 Å². The number of carbonyl (C=O) groups is 2. The quantitative estimate of drug-likeness (QED) is 0.563. The van der Waals surface area contributed by atoms with Gasteiger partial charge in [-0.1, -0.05) is 19.3 Å². The van der Waals surface area contributed by atoms with Gasteiger partial charge in [0.1, 0.15) is 11.1 Å². The average Bonchev–Trinajstić information content (AvgIpc) is 2.15. The molecule has 0 heterocycles. The number of ether oxygens (including phenoxy) is 2. The summed E-state index contributed by atoms with van der Waals surface area (Å²) in [5, 5.41) is 0. The Morgan fingerprint density at radius 1 is 1.12 bits per heavy atom. The van der Waals surface area contributed by atoms with E-state index in [4.69, 9.17) is 10.5 Å². The van der Waals surface area contributed by atoms with E-state index in [2.05, 4.69) is 4.74 Å². The van der Waals surface area contributed by atoms with Crippen LogP contribution in [-0.4, -0.2) is 23.3 Å². The lowest BCUT2D eigenvalue weighted by Gasteiger charge is -2.30. The fourth-order valence-corrected chi connectivity index (χ4v) is 1.83. The first kappa shape index (κ1) is 14.0. The van der Waals surface area contributed by atoms with Crippen LogP contribution in [0.5, 0.6) is 0 Å². The lowest BCUT2D eigenvalue weighted by atomic mass is 9.83. The van der Waals surface area contributed by atoms with Gasteiger partial charge in [-0.2, -0.15) is 0 Å². The summed E-state index contributed by atoms with van der Waals surface area (Å²) < 4.78 is 9.55. The van der Waals surface area contributed by atoms with Crippen LogP contribution in [-0.2, 0) is 14.3 Å². The fraction of sp³-hybridized carbons (Fsp3) is 0.833. The maximum Gasteiger partial charge on any atom is 0.516 e. The van der Waals surface area contributed by atoms with Gasteiger partial charge in [0.2, 0.25) is 0 Å². The van der Waals surface area contributed by atoms with Crippen LogP contribution in [0.1, 0.15) is 52.9 Å². The van der Waals surface area contributed by atoms with Gasteiger partial charge >= 0.3 is 12.1 Å². The van der Waals surface area contributed by atoms with Crippen molar-refractivity contribution in [3.05, 3.63) is 0 Å². The second kappa shape index (κ2) is 5.04. The van der Waals surface area contributed by atoms with Crippen LogP contribution in [0.2, 0.25) is 0 Å². The van der Waals surface area contributed by atoms with Crippen LogP contribution < -0.4 is 5.73 Å². The van der Waals surface area contributed by atoms with Gasteiger partial charge in [-0.25, -0.2) is 9.59 Å². The summed E-state index contributed by atoms with van der Waals surface area (Å²) in [5.74, 6) is -0.675. The van der Waals surface area contributed by atoms with Crippen LogP contribution >= 0.6 is 0 Å². The van der Waals surface area contributed by atoms with E-state index in [0.29, 0.717) is 12.8 Å². The number of carbonyl (C=O) groups excluding carboxylic acids is 2. The molecule has 0 aromatic heterocycles. The molecule has 1 saturated carbocycles. The molecule has 98 valence electrons. The maximum atomic E-state index is 11.8. The van der Waals surface area contributed by atoms with Crippen molar-refractivity contribution in [2.75, 3.05) is 0 Å². The third-order valence-corrected chi connectivity index (χ3v) is 2.72. The Kier molecular flexibility index (Phi) is 4.14. The van der Waals surface area contributed by atoms with Crippen molar-refractivity contribution in [3.8, 4) is 0 Å². The van der Waals surface area contributed by atoms with Crippen LogP contribution in [0.25, 0.3) is 0 Å². The zero-order valence-corrected chi connectivity index (χ0v) is 10.7. The summed E-state index contributed by atoms with van der Waals surface area (Å²) in [4.78, 5) is 23.1. The highest BCUT2D eigenvalue weighted by molar-refractivity contribution is 5.88. The predicted octanol–water partition coefficient (Wildman–Crippen LogP) is 2.13. The smallest absolute Gasteiger partial charge is 0.428 e. The molecule has 5 heteroatoms. The Morgan fingerprint density at radius 3 is 2.12 bits per heavy atom. The Balaban J connectivity index is 2.51. The van der Waals surface area contributed by atoms with E-state index >= 15 is 0 Å². The minimum atomic E-state index is -1.02. The Bertz CT molecular complexity index is 300. The monoisotopic (exact) mass is 243 g/mol. The molecule has 0 amide bonds. The second-order valence-electron chi connectivity index (χ2n) is 5.57. The highest BCUT2D eigenvalue weighted by Crippen LogP contribution is 2.27. The summed E-state index contributed by atoms with van der Waals surface area (Å²) >= 11 is 0. The largest absolute Gasteiger partial charge is 0.516 e. The molecule has 0 saturated heterocycles. The Labute approximate surface area is 102 Å². The first-order valence-electron chi connectivity index (χ1n) is 5.97. The molecule has 0 radical (unpaired) electrons. The molecule has 17 heavy (non-hydrogen) atoms. The van der Waals surface area contributed by atoms with Gasteiger partial charge in [0.05, 0.1) is 0 Å². The standard InChI is InChI=1S/C12H21NO4/c1-11(2,3)17-10(15)16-9(14)12(13)7-5-4-6-8-12/h4-8,13H2,1-3H3. The molecule has 0 aliphatic heterocycles. The van der Waals surface area contributed by atoms with Gasteiger partial charge in [-0.05, 0) is 33.6 Å². The summed E-state index contributed by atoms with van der Waals surface area (Å²) in [7, 11) is 0. The van der Waals surface area contributed by atoms with Crippen molar-refractivity contribution in [3.63, 3.8) is 0 Å². The molecule has 1 aliphatic rings.